The fraction of sp³-hybridized carbons (Fsp3) is 0.0769. The van der Waals surface area contributed by atoms with Crippen LogP contribution in [-0.2, 0) is 4.79 Å². The first-order valence-electron chi connectivity index (χ1n) is 5.13. The Morgan fingerprint density at radius 2 is 1.74 bits per heavy atom. The van der Waals surface area contributed by atoms with E-state index in [1.165, 1.54) is 24.3 Å². The predicted molar refractivity (Wildman–Crippen MR) is 70.6 cm³/mol. The van der Waals surface area contributed by atoms with Gasteiger partial charge in [0.2, 0.25) is 5.78 Å². The number of rotatable bonds is 1. The molecule has 2 rings (SSSR count). The largest absolute Gasteiger partial charge is 1.00 e. The molecule has 0 spiro atoms. The van der Waals surface area contributed by atoms with E-state index in [2.05, 4.69) is 4.99 Å². The number of carbonyl (C=O) groups is 1. The zero-order chi connectivity index (χ0) is 13.3. The normalized spacial score (nSPS) is 14.5. The molecule has 1 aliphatic rings. The topological polar surface area (TPSA) is 52.5 Å². The number of allylic oxidation sites excluding steroid dienone is 4. The second-order valence-electron chi connectivity index (χ2n) is 3.80. The minimum absolute atomic E-state index is 0. The summed E-state index contributed by atoms with van der Waals surface area (Å²) in [6.45, 7) is 1.78. The Balaban J connectivity index is 0.00000180. The van der Waals surface area contributed by atoms with Gasteiger partial charge in [0, 0.05) is 0 Å². The summed E-state index contributed by atoms with van der Waals surface area (Å²) in [5, 5.41) is 11.2. The SMILES string of the molecule is Cc1cc([O-])ccc1N=C1C=C(Cl)C(=O)C(Cl)=C1.[Na+]. The Morgan fingerprint density at radius 1 is 1.16 bits per heavy atom. The molecule has 0 atom stereocenters. The van der Waals surface area contributed by atoms with Gasteiger partial charge in [0.15, 0.2) is 0 Å². The fourth-order valence-electron chi connectivity index (χ4n) is 1.50. The Kier molecular flexibility index (Phi) is 5.83. The van der Waals surface area contributed by atoms with Gasteiger partial charge >= 0.3 is 29.6 Å². The van der Waals surface area contributed by atoms with Crippen LogP contribution in [0.5, 0.6) is 5.75 Å². The summed E-state index contributed by atoms with van der Waals surface area (Å²) in [6.07, 6.45) is 2.89. The van der Waals surface area contributed by atoms with Crippen molar-refractivity contribution in [2.45, 2.75) is 6.92 Å². The molecule has 3 nitrogen and oxygen atoms in total. The molecule has 0 N–H and O–H groups in total. The molecule has 0 aromatic heterocycles. The van der Waals surface area contributed by atoms with Gasteiger partial charge in [-0.2, -0.15) is 0 Å². The standard InChI is InChI=1S/C13H9Cl2NO2.Na/c1-7-4-9(17)2-3-12(7)16-8-5-10(14)13(18)11(15)6-8;/h2-6,17H,1H3;/q;+1/p-1. The first-order chi connectivity index (χ1) is 8.47. The first-order valence-corrected chi connectivity index (χ1v) is 5.88. The van der Waals surface area contributed by atoms with Crippen LogP contribution in [0.25, 0.3) is 0 Å². The van der Waals surface area contributed by atoms with Crippen molar-refractivity contribution < 1.29 is 39.5 Å². The molecule has 0 amide bonds. The molecule has 1 aromatic carbocycles. The molecular weight excluding hydrogens is 296 g/mol. The van der Waals surface area contributed by atoms with E-state index >= 15 is 0 Å². The number of halogens is 2. The van der Waals surface area contributed by atoms with Crippen LogP contribution in [-0.4, -0.2) is 11.5 Å². The summed E-state index contributed by atoms with van der Waals surface area (Å²) < 4.78 is 0. The van der Waals surface area contributed by atoms with Gasteiger partial charge in [-0.1, -0.05) is 35.3 Å². The third kappa shape index (κ3) is 3.94. The van der Waals surface area contributed by atoms with E-state index in [1.807, 2.05) is 0 Å². The first kappa shape index (κ1) is 16.5. The summed E-state index contributed by atoms with van der Waals surface area (Å²) in [5.41, 5.74) is 1.87. The molecule has 0 saturated carbocycles. The van der Waals surface area contributed by atoms with Crippen LogP contribution in [0.4, 0.5) is 5.69 Å². The monoisotopic (exact) mass is 303 g/mol. The van der Waals surface area contributed by atoms with E-state index in [0.29, 0.717) is 11.4 Å². The van der Waals surface area contributed by atoms with Gasteiger partial charge in [-0.15, -0.1) is 5.75 Å². The average Bonchev–Trinajstić information content (AvgIpc) is 2.29. The molecule has 6 heteroatoms. The molecule has 0 heterocycles. The third-order valence-electron chi connectivity index (χ3n) is 2.40. The van der Waals surface area contributed by atoms with E-state index < -0.39 is 5.78 Å². The van der Waals surface area contributed by atoms with E-state index in [1.54, 1.807) is 13.0 Å². The van der Waals surface area contributed by atoms with Gasteiger partial charge in [0.05, 0.1) is 21.5 Å². The molecule has 92 valence electrons. The van der Waals surface area contributed by atoms with Crippen molar-refractivity contribution in [1.82, 2.24) is 0 Å². The van der Waals surface area contributed by atoms with Gasteiger partial charge < -0.3 is 5.11 Å². The van der Waals surface area contributed by atoms with Gasteiger partial charge in [-0.05, 0) is 30.7 Å². The molecule has 1 aliphatic carbocycles. The van der Waals surface area contributed by atoms with Crippen molar-refractivity contribution in [2.24, 2.45) is 4.99 Å². The van der Waals surface area contributed by atoms with Crippen LogP contribution in [0, 0.1) is 6.92 Å². The number of Topliss-reactive ketones (excluding diaryl/α,β-unsaturated/α-hetero) is 1. The van der Waals surface area contributed by atoms with Crippen molar-refractivity contribution in [3.8, 4) is 5.75 Å². The van der Waals surface area contributed by atoms with E-state index in [4.69, 9.17) is 23.2 Å². The Bertz CT molecular complexity index is 597. The van der Waals surface area contributed by atoms with Crippen LogP contribution in [0.15, 0.2) is 45.4 Å². The van der Waals surface area contributed by atoms with E-state index in [0.717, 1.165) is 5.56 Å². The van der Waals surface area contributed by atoms with Crippen molar-refractivity contribution in [1.29, 1.82) is 0 Å². The fourth-order valence-corrected chi connectivity index (χ4v) is 1.98. The molecule has 19 heavy (non-hydrogen) atoms. The summed E-state index contributed by atoms with van der Waals surface area (Å²) in [7, 11) is 0. The summed E-state index contributed by atoms with van der Waals surface area (Å²) in [6, 6.07) is 4.53. The number of aliphatic imine (C=N–C) groups is 1. The summed E-state index contributed by atoms with van der Waals surface area (Å²) >= 11 is 11.5. The van der Waals surface area contributed by atoms with Crippen molar-refractivity contribution in [2.75, 3.05) is 0 Å². The molecule has 0 unspecified atom stereocenters. The van der Waals surface area contributed by atoms with Gasteiger partial charge in [0.1, 0.15) is 0 Å². The van der Waals surface area contributed by atoms with Crippen LogP contribution in [0.2, 0.25) is 0 Å². The zero-order valence-corrected chi connectivity index (χ0v) is 13.9. The number of hydrogen-bond acceptors (Lipinski definition) is 3. The quantitative estimate of drug-likeness (QED) is 0.540. The molecular formula is C13H8Cl2NNaO2. The van der Waals surface area contributed by atoms with Crippen LogP contribution in [0.1, 0.15) is 5.56 Å². The number of hydrogen-bond donors (Lipinski definition) is 0. The molecule has 1 aromatic rings. The molecule has 0 radical (unpaired) electrons. The zero-order valence-electron chi connectivity index (χ0n) is 10.4. The maximum Gasteiger partial charge on any atom is 1.00 e. The number of ketones is 1. The Labute approximate surface area is 142 Å². The maximum absolute atomic E-state index is 11.3. The van der Waals surface area contributed by atoms with E-state index in [9.17, 15) is 9.90 Å². The van der Waals surface area contributed by atoms with Gasteiger partial charge in [0.25, 0.3) is 0 Å². The minimum atomic E-state index is -0.413. The molecule has 0 saturated heterocycles. The molecule has 0 aliphatic heterocycles. The average molecular weight is 304 g/mol. The van der Waals surface area contributed by atoms with E-state index in [-0.39, 0.29) is 45.4 Å². The number of nitrogens with zero attached hydrogens (tertiary/aromatic N) is 1. The smallest absolute Gasteiger partial charge is 0.872 e. The van der Waals surface area contributed by atoms with Crippen LogP contribution >= 0.6 is 23.2 Å². The summed E-state index contributed by atoms with van der Waals surface area (Å²) in [4.78, 5) is 15.6. The third-order valence-corrected chi connectivity index (χ3v) is 2.96. The predicted octanol–water partition coefficient (Wildman–Crippen LogP) is -0.0268. The number of aryl methyl sites for hydroxylation is 1. The summed E-state index contributed by atoms with van der Waals surface area (Å²) in [5.74, 6) is -0.485. The van der Waals surface area contributed by atoms with Crippen molar-refractivity contribution in [3.63, 3.8) is 0 Å². The Hall–Kier alpha value is -0.580. The van der Waals surface area contributed by atoms with Gasteiger partial charge in [-0.3, -0.25) is 4.79 Å². The van der Waals surface area contributed by atoms with Gasteiger partial charge in [-0.25, -0.2) is 4.99 Å². The van der Waals surface area contributed by atoms with Crippen molar-refractivity contribution >= 4 is 40.4 Å². The Morgan fingerprint density at radius 3 is 2.26 bits per heavy atom. The maximum atomic E-state index is 11.3. The molecule has 0 bridgehead atoms. The second kappa shape index (κ2) is 6.73. The molecule has 0 fully saturated rings. The number of carbonyl (C=O) groups excluding carboxylic acids is 1. The second-order valence-corrected chi connectivity index (χ2v) is 4.61. The number of benzene rings is 1. The minimum Gasteiger partial charge on any atom is -0.872 e. The van der Waals surface area contributed by atoms with Crippen LogP contribution < -0.4 is 34.7 Å². The van der Waals surface area contributed by atoms with Crippen molar-refractivity contribution in [3.05, 3.63) is 46.0 Å². The van der Waals surface area contributed by atoms with Crippen LogP contribution in [0.3, 0.4) is 0 Å².